The van der Waals surface area contributed by atoms with Crippen molar-refractivity contribution in [2.24, 2.45) is 0 Å². The molecule has 4 rings (SSSR count). The van der Waals surface area contributed by atoms with Gasteiger partial charge in [-0.1, -0.05) is 6.07 Å². The van der Waals surface area contributed by atoms with E-state index in [2.05, 4.69) is 15.0 Å². The summed E-state index contributed by atoms with van der Waals surface area (Å²) in [4.78, 5) is 27.3. The van der Waals surface area contributed by atoms with E-state index in [1.807, 2.05) is 23.2 Å². The highest BCUT2D eigenvalue weighted by atomic mass is 16.2. The molecule has 0 radical (unpaired) electrons. The third-order valence-corrected chi connectivity index (χ3v) is 4.24. The predicted molar refractivity (Wildman–Crippen MR) is 71.9 cm³/mol. The Hall–Kier alpha value is -2.30. The van der Waals surface area contributed by atoms with Gasteiger partial charge in [-0.05, 0) is 25.0 Å². The average molecular weight is 266 g/mol. The van der Waals surface area contributed by atoms with Crippen molar-refractivity contribution in [3.05, 3.63) is 53.9 Å². The molecule has 2 atom stereocenters. The smallest absolute Gasteiger partial charge is 0.273 e. The minimum absolute atomic E-state index is 0.0209. The fourth-order valence-corrected chi connectivity index (χ4v) is 3.36. The van der Waals surface area contributed by atoms with E-state index < -0.39 is 0 Å². The first kappa shape index (κ1) is 11.5. The van der Waals surface area contributed by atoms with E-state index in [1.54, 1.807) is 18.6 Å². The van der Waals surface area contributed by atoms with Crippen molar-refractivity contribution < 1.29 is 4.79 Å². The maximum absolute atomic E-state index is 12.7. The maximum atomic E-state index is 12.7. The van der Waals surface area contributed by atoms with Gasteiger partial charge in [-0.25, -0.2) is 9.97 Å². The van der Waals surface area contributed by atoms with Crippen LogP contribution in [0.5, 0.6) is 0 Å². The van der Waals surface area contributed by atoms with E-state index in [4.69, 9.17) is 0 Å². The number of rotatable bonds is 1. The zero-order chi connectivity index (χ0) is 13.5. The Morgan fingerprint density at radius 3 is 3.05 bits per heavy atom. The molecular weight excluding hydrogens is 252 g/mol. The predicted octanol–water partition coefficient (Wildman–Crippen LogP) is 1.77. The lowest BCUT2D eigenvalue weighted by Gasteiger charge is -2.35. The van der Waals surface area contributed by atoms with Gasteiger partial charge < -0.3 is 4.90 Å². The van der Waals surface area contributed by atoms with Crippen molar-refractivity contribution in [3.8, 4) is 0 Å². The molecule has 0 spiro atoms. The van der Waals surface area contributed by atoms with Crippen LogP contribution in [0.2, 0.25) is 0 Å². The fourth-order valence-electron chi connectivity index (χ4n) is 3.36. The monoisotopic (exact) mass is 266 g/mol. The quantitative estimate of drug-likeness (QED) is 0.789. The first-order valence-electron chi connectivity index (χ1n) is 6.87. The first-order chi connectivity index (χ1) is 9.84. The van der Waals surface area contributed by atoms with Crippen LogP contribution in [-0.4, -0.2) is 31.8 Å². The highest BCUT2D eigenvalue weighted by molar-refractivity contribution is 5.93. The summed E-state index contributed by atoms with van der Waals surface area (Å²) in [5.41, 5.74) is 2.72. The van der Waals surface area contributed by atoms with E-state index in [0.717, 1.165) is 30.5 Å². The minimum Gasteiger partial charge on any atom is -0.327 e. The van der Waals surface area contributed by atoms with Crippen molar-refractivity contribution in [1.29, 1.82) is 0 Å². The molecule has 20 heavy (non-hydrogen) atoms. The third-order valence-electron chi connectivity index (χ3n) is 4.24. The Balaban J connectivity index is 1.73. The van der Waals surface area contributed by atoms with E-state index in [1.165, 1.54) is 0 Å². The number of carbonyl (C=O) groups is 1. The van der Waals surface area contributed by atoms with Gasteiger partial charge in [0.05, 0.1) is 11.7 Å². The zero-order valence-electron chi connectivity index (χ0n) is 10.9. The van der Waals surface area contributed by atoms with Crippen LogP contribution in [0.4, 0.5) is 0 Å². The number of amides is 1. The molecule has 1 amide bonds. The van der Waals surface area contributed by atoms with Gasteiger partial charge in [0.25, 0.3) is 5.91 Å². The summed E-state index contributed by atoms with van der Waals surface area (Å²) in [6.45, 7) is 0. The number of hydrogen-bond acceptors (Lipinski definition) is 4. The van der Waals surface area contributed by atoms with Gasteiger partial charge >= 0.3 is 0 Å². The van der Waals surface area contributed by atoms with E-state index >= 15 is 0 Å². The summed E-state index contributed by atoms with van der Waals surface area (Å²) >= 11 is 0. The van der Waals surface area contributed by atoms with Gasteiger partial charge in [0.15, 0.2) is 0 Å². The van der Waals surface area contributed by atoms with E-state index in [0.29, 0.717) is 5.69 Å². The second kappa shape index (κ2) is 4.37. The van der Waals surface area contributed by atoms with Gasteiger partial charge in [-0.15, -0.1) is 0 Å². The molecule has 0 unspecified atom stereocenters. The second-order valence-corrected chi connectivity index (χ2v) is 5.30. The molecule has 5 nitrogen and oxygen atoms in total. The molecule has 0 aliphatic carbocycles. The molecule has 2 bridgehead atoms. The molecule has 0 aromatic carbocycles. The number of nitrogens with zero attached hydrogens (tertiary/aromatic N) is 4. The minimum atomic E-state index is 0.0209. The summed E-state index contributed by atoms with van der Waals surface area (Å²) in [6.07, 6.45) is 7.95. The topological polar surface area (TPSA) is 59.0 Å². The Morgan fingerprint density at radius 1 is 1.25 bits per heavy atom. The van der Waals surface area contributed by atoms with Gasteiger partial charge in [-0.3, -0.25) is 9.78 Å². The molecule has 0 N–H and O–H groups in total. The molecule has 0 saturated carbocycles. The van der Waals surface area contributed by atoms with Crippen LogP contribution in [0.15, 0.2) is 36.9 Å². The summed E-state index contributed by atoms with van der Waals surface area (Å²) in [5, 5.41) is 0. The van der Waals surface area contributed by atoms with Gasteiger partial charge in [-0.2, -0.15) is 0 Å². The lowest BCUT2D eigenvalue weighted by molar-refractivity contribution is 0.0637. The molecule has 5 heteroatoms. The van der Waals surface area contributed by atoms with E-state index in [-0.39, 0.29) is 18.0 Å². The highest BCUT2D eigenvalue weighted by Gasteiger charge is 2.43. The molecule has 1 saturated heterocycles. The van der Waals surface area contributed by atoms with Crippen LogP contribution in [0, 0.1) is 0 Å². The Kier molecular flexibility index (Phi) is 2.52. The molecule has 2 aliphatic heterocycles. The number of carbonyl (C=O) groups excluding carboxylic acids is 1. The third kappa shape index (κ3) is 1.62. The van der Waals surface area contributed by atoms with Crippen molar-refractivity contribution in [3.63, 3.8) is 0 Å². The normalized spacial score (nSPS) is 23.5. The molecule has 4 heterocycles. The number of hydrogen-bond donors (Lipinski definition) is 0. The number of aromatic nitrogens is 3. The lowest BCUT2D eigenvalue weighted by atomic mass is 9.99. The lowest BCUT2D eigenvalue weighted by Crippen LogP contribution is -2.42. The van der Waals surface area contributed by atoms with Crippen LogP contribution < -0.4 is 0 Å². The Bertz CT molecular complexity index is 658. The Labute approximate surface area is 116 Å². The van der Waals surface area contributed by atoms with Gasteiger partial charge in [0.1, 0.15) is 12.0 Å². The van der Waals surface area contributed by atoms with Crippen LogP contribution >= 0.6 is 0 Å². The molecule has 1 fully saturated rings. The van der Waals surface area contributed by atoms with Crippen LogP contribution in [-0.2, 0) is 6.42 Å². The van der Waals surface area contributed by atoms with Crippen molar-refractivity contribution >= 4 is 5.91 Å². The summed E-state index contributed by atoms with van der Waals surface area (Å²) in [5.74, 6) is 0.0209. The molecular formula is C15H14N4O. The fraction of sp³-hybridized carbons (Fsp3) is 0.333. The second-order valence-electron chi connectivity index (χ2n) is 5.30. The molecule has 2 aliphatic rings. The average Bonchev–Trinajstić information content (AvgIpc) is 2.82. The highest BCUT2D eigenvalue weighted by Crippen LogP contribution is 2.43. The maximum Gasteiger partial charge on any atom is 0.273 e. The number of fused-ring (bicyclic) bond motifs is 4. The first-order valence-corrected chi connectivity index (χ1v) is 6.87. The van der Waals surface area contributed by atoms with Crippen molar-refractivity contribution in [2.45, 2.75) is 31.3 Å². The largest absolute Gasteiger partial charge is 0.327 e. The summed E-state index contributed by atoms with van der Waals surface area (Å²) in [7, 11) is 0. The Morgan fingerprint density at radius 2 is 2.20 bits per heavy atom. The zero-order valence-corrected chi connectivity index (χ0v) is 10.9. The van der Waals surface area contributed by atoms with E-state index in [9.17, 15) is 4.79 Å². The molecule has 100 valence electrons. The SMILES string of the molecule is O=C(c1ccccn1)N1[C@H]2CC[C@H]1c1cncnc1C2. The van der Waals surface area contributed by atoms with Crippen LogP contribution in [0.25, 0.3) is 0 Å². The summed E-state index contributed by atoms with van der Waals surface area (Å²) in [6, 6.07) is 5.81. The molecule has 2 aromatic heterocycles. The standard InChI is InChI=1S/C15H14N4O/c20-15(12-3-1-2-6-17-12)19-10-4-5-14(19)11-8-16-9-18-13(11)7-10/h1-3,6,8-10,14H,4-5,7H2/t10-,14-/m0/s1. The van der Waals surface area contributed by atoms with Crippen LogP contribution in [0.3, 0.4) is 0 Å². The molecule has 2 aromatic rings. The van der Waals surface area contributed by atoms with Crippen molar-refractivity contribution in [2.75, 3.05) is 0 Å². The van der Waals surface area contributed by atoms with Gasteiger partial charge in [0, 0.05) is 30.4 Å². The van der Waals surface area contributed by atoms with Crippen molar-refractivity contribution in [1.82, 2.24) is 19.9 Å². The van der Waals surface area contributed by atoms with Crippen LogP contribution in [0.1, 0.15) is 40.6 Å². The van der Waals surface area contributed by atoms with Gasteiger partial charge in [0.2, 0.25) is 0 Å². The number of pyridine rings is 1. The summed E-state index contributed by atoms with van der Waals surface area (Å²) < 4.78 is 0.